The van der Waals surface area contributed by atoms with Gasteiger partial charge in [0.1, 0.15) is 0 Å². The summed E-state index contributed by atoms with van der Waals surface area (Å²) < 4.78 is 10.8. The van der Waals surface area contributed by atoms with Crippen molar-refractivity contribution in [2.24, 2.45) is 5.92 Å². The van der Waals surface area contributed by atoms with Gasteiger partial charge >= 0.3 is 0 Å². The Labute approximate surface area is 132 Å². The second kappa shape index (κ2) is 6.19. The lowest BCUT2D eigenvalue weighted by molar-refractivity contribution is 0.0629. The molecule has 3 rings (SSSR count). The molecular weight excluding hydrogens is 278 g/mol. The molecule has 22 heavy (non-hydrogen) atoms. The SMILES string of the molecule is COc1cccc(C(=O)N2C(C)CC3CCCCC32)c1OC. The predicted octanol–water partition coefficient (Wildman–Crippen LogP) is 3.50. The minimum absolute atomic E-state index is 0.0812. The van der Waals surface area contributed by atoms with E-state index in [0.717, 1.165) is 12.8 Å². The fourth-order valence-corrected chi connectivity index (χ4v) is 4.25. The van der Waals surface area contributed by atoms with Crippen LogP contribution in [0.5, 0.6) is 11.5 Å². The van der Waals surface area contributed by atoms with E-state index in [-0.39, 0.29) is 5.91 Å². The summed E-state index contributed by atoms with van der Waals surface area (Å²) in [4.78, 5) is 15.2. The van der Waals surface area contributed by atoms with E-state index < -0.39 is 0 Å². The van der Waals surface area contributed by atoms with Crippen LogP contribution in [0.4, 0.5) is 0 Å². The van der Waals surface area contributed by atoms with Gasteiger partial charge in [-0.15, -0.1) is 0 Å². The molecule has 2 fully saturated rings. The molecule has 1 aromatic carbocycles. The van der Waals surface area contributed by atoms with E-state index in [4.69, 9.17) is 9.47 Å². The van der Waals surface area contributed by atoms with Crippen molar-refractivity contribution >= 4 is 5.91 Å². The molecule has 0 spiro atoms. The molecule has 1 amide bonds. The summed E-state index contributed by atoms with van der Waals surface area (Å²) in [6.45, 7) is 2.17. The second-order valence-electron chi connectivity index (χ2n) is 6.45. The van der Waals surface area contributed by atoms with Gasteiger partial charge in [-0.2, -0.15) is 0 Å². The zero-order valence-electron chi connectivity index (χ0n) is 13.7. The Kier molecular flexibility index (Phi) is 4.27. The first-order valence-corrected chi connectivity index (χ1v) is 8.21. The van der Waals surface area contributed by atoms with Crippen LogP contribution in [0.2, 0.25) is 0 Å². The number of benzene rings is 1. The molecule has 3 atom stereocenters. The van der Waals surface area contributed by atoms with Crippen LogP contribution in [0.15, 0.2) is 18.2 Å². The van der Waals surface area contributed by atoms with Crippen LogP contribution in [-0.2, 0) is 0 Å². The summed E-state index contributed by atoms with van der Waals surface area (Å²) in [6, 6.07) is 6.22. The summed E-state index contributed by atoms with van der Waals surface area (Å²) in [6.07, 6.45) is 6.05. The molecule has 0 N–H and O–H groups in total. The monoisotopic (exact) mass is 303 g/mol. The van der Waals surface area contributed by atoms with Crippen molar-refractivity contribution in [3.63, 3.8) is 0 Å². The molecule has 0 aromatic heterocycles. The number of rotatable bonds is 3. The average Bonchev–Trinajstić information content (AvgIpc) is 2.89. The molecule has 1 saturated carbocycles. The van der Waals surface area contributed by atoms with Crippen LogP contribution in [-0.4, -0.2) is 37.1 Å². The van der Waals surface area contributed by atoms with Crippen molar-refractivity contribution in [1.82, 2.24) is 4.90 Å². The molecule has 2 aliphatic rings. The van der Waals surface area contributed by atoms with E-state index in [0.29, 0.717) is 35.1 Å². The van der Waals surface area contributed by atoms with E-state index in [9.17, 15) is 4.79 Å². The van der Waals surface area contributed by atoms with Gasteiger partial charge in [0.15, 0.2) is 11.5 Å². The molecule has 1 aliphatic carbocycles. The van der Waals surface area contributed by atoms with Crippen molar-refractivity contribution < 1.29 is 14.3 Å². The third-order valence-electron chi connectivity index (χ3n) is 5.21. The van der Waals surface area contributed by atoms with Gasteiger partial charge in [-0.3, -0.25) is 4.79 Å². The zero-order chi connectivity index (χ0) is 15.7. The van der Waals surface area contributed by atoms with Gasteiger partial charge in [0.05, 0.1) is 19.8 Å². The molecular formula is C18H25NO3. The first-order valence-electron chi connectivity index (χ1n) is 8.21. The smallest absolute Gasteiger partial charge is 0.258 e. The van der Waals surface area contributed by atoms with Crippen molar-refractivity contribution in [2.45, 2.75) is 51.1 Å². The van der Waals surface area contributed by atoms with Crippen LogP contribution in [0.1, 0.15) is 49.4 Å². The fourth-order valence-electron chi connectivity index (χ4n) is 4.25. The van der Waals surface area contributed by atoms with Crippen molar-refractivity contribution in [1.29, 1.82) is 0 Å². The quantitative estimate of drug-likeness (QED) is 0.858. The first-order chi connectivity index (χ1) is 10.7. The maximum absolute atomic E-state index is 13.2. The molecule has 0 bridgehead atoms. The molecule has 0 radical (unpaired) electrons. The summed E-state index contributed by atoms with van der Waals surface area (Å²) in [5, 5.41) is 0. The largest absolute Gasteiger partial charge is 0.493 e. The number of nitrogens with zero attached hydrogens (tertiary/aromatic N) is 1. The maximum Gasteiger partial charge on any atom is 0.258 e. The van der Waals surface area contributed by atoms with Gasteiger partial charge in [0.2, 0.25) is 0 Å². The van der Waals surface area contributed by atoms with Gasteiger partial charge in [0, 0.05) is 12.1 Å². The number of carbonyl (C=O) groups excluding carboxylic acids is 1. The standard InChI is InChI=1S/C18H25NO3/c1-12-11-13-7-4-5-9-15(13)19(12)18(20)14-8-6-10-16(21-2)17(14)22-3/h6,8,10,12-13,15H,4-5,7,9,11H2,1-3H3. The number of amides is 1. The first kappa shape index (κ1) is 15.2. The molecule has 1 heterocycles. The number of methoxy groups -OCH3 is 2. The Bertz CT molecular complexity index is 557. The minimum atomic E-state index is 0.0812. The highest BCUT2D eigenvalue weighted by atomic mass is 16.5. The summed E-state index contributed by atoms with van der Waals surface area (Å²) in [7, 11) is 3.19. The number of hydrogen-bond donors (Lipinski definition) is 0. The summed E-state index contributed by atoms with van der Waals surface area (Å²) in [5.74, 6) is 1.91. The molecule has 4 nitrogen and oxygen atoms in total. The van der Waals surface area contributed by atoms with Crippen molar-refractivity contribution in [3.8, 4) is 11.5 Å². The lowest BCUT2D eigenvalue weighted by Crippen LogP contribution is -2.42. The highest BCUT2D eigenvalue weighted by Crippen LogP contribution is 2.41. The average molecular weight is 303 g/mol. The molecule has 1 aromatic rings. The number of hydrogen-bond acceptors (Lipinski definition) is 3. The highest BCUT2D eigenvalue weighted by Gasteiger charge is 2.43. The van der Waals surface area contributed by atoms with E-state index in [1.54, 1.807) is 14.2 Å². The lowest BCUT2D eigenvalue weighted by atomic mass is 9.85. The van der Waals surface area contributed by atoms with Crippen molar-refractivity contribution in [3.05, 3.63) is 23.8 Å². The Morgan fingerprint density at radius 3 is 2.68 bits per heavy atom. The van der Waals surface area contributed by atoms with Crippen molar-refractivity contribution in [2.75, 3.05) is 14.2 Å². The Hall–Kier alpha value is -1.71. The van der Waals surface area contributed by atoms with Gasteiger partial charge in [-0.1, -0.05) is 18.9 Å². The second-order valence-corrected chi connectivity index (χ2v) is 6.45. The van der Waals surface area contributed by atoms with E-state index in [2.05, 4.69) is 11.8 Å². The number of para-hydroxylation sites is 1. The van der Waals surface area contributed by atoms with E-state index >= 15 is 0 Å². The van der Waals surface area contributed by atoms with Crippen LogP contribution >= 0.6 is 0 Å². The van der Waals surface area contributed by atoms with Crippen LogP contribution in [0.3, 0.4) is 0 Å². The van der Waals surface area contributed by atoms with Gasteiger partial charge < -0.3 is 14.4 Å². The number of fused-ring (bicyclic) bond motifs is 1. The third kappa shape index (κ3) is 2.44. The highest BCUT2D eigenvalue weighted by molar-refractivity contribution is 5.98. The lowest BCUT2D eigenvalue weighted by Gasteiger charge is -2.33. The topological polar surface area (TPSA) is 38.8 Å². The Balaban J connectivity index is 1.93. The fraction of sp³-hybridized carbons (Fsp3) is 0.611. The molecule has 1 saturated heterocycles. The maximum atomic E-state index is 13.2. The normalized spacial score (nSPS) is 27.4. The van der Waals surface area contributed by atoms with Crippen LogP contribution < -0.4 is 9.47 Å². The number of likely N-dealkylation sites (tertiary alicyclic amines) is 1. The van der Waals surface area contributed by atoms with Gasteiger partial charge in [0.25, 0.3) is 5.91 Å². The Morgan fingerprint density at radius 2 is 1.95 bits per heavy atom. The van der Waals surface area contributed by atoms with E-state index in [1.165, 1.54) is 19.3 Å². The minimum Gasteiger partial charge on any atom is -0.493 e. The number of carbonyl (C=O) groups is 1. The zero-order valence-corrected chi connectivity index (χ0v) is 13.7. The predicted molar refractivity (Wildman–Crippen MR) is 85.5 cm³/mol. The third-order valence-corrected chi connectivity index (χ3v) is 5.21. The summed E-state index contributed by atoms with van der Waals surface area (Å²) in [5.41, 5.74) is 0.611. The van der Waals surface area contributed by atoms with Crippen LogP contribution in [0.25, 0.3) is 0 Å². The van der Waals surface area contributed by atoms with Gasteiger partial charge in [-0.05, 0) is 44.2 Å². The molecule has 4 heteroatoms. The van der Waals surface area contributed by atoms with Crippen LogP contribution in [0, 0.1) is 5.92 Å². The van der Waals surface area contributed by atoms with Gasteiger partial charge in [-0.25, -0.2) is 0 Å². The number of ether oxygens (including phenoxy) is 2. The Morgan fingerprint density at radius 1 is 1.18 bits per heavy atom. The molecule has 120 valence electrons. The summed E-state index contributed by atoms with van der Waals surface area (Å²) >= 11 is 0. The molecule has 3 unspecified atom stereocenters. The molecule has 1 aliphatic heterocycles. The van der Waals surface area contributed by atoms with E-state index in [1.807, 2.05) is 18.2 Å².